The van der Waals surface area contributed by atoms with Crippen LogP contribution in [-0.2, 0) is 26.2 Å². The van der Waals surface area contributed by atoms with Gasteiger partial charge in [0.05, 0.1) is 4.90 Å². The molecule has 0 radical (unpaired) electrons. The molecule has 2 amide bonds. The molecule has 0 spiro atoms. The summed E-state index contributed by atoms with van der Waals surface area (Å²) in [5.74, 6) is -0.448. The average Bonchev–Trinajstić information content (AvgIpc) is 2.83. The first-order valence-corrected chi connectivity index (χ1v) is 12.8. The van der Waals surface area contributed by atoms with Crippen LogP contribution in [0.1, 0.15) is 50.7 Å². The predicted molar refractivity (Wildman–Crippen MR) is 128 cm³/mol. The molecule has 2 N–H and O–H groups in total. The standard InChI is InChI=1S/C25H33N3O4S/c1-18(2)21-9-11-23(12-10-21)33(31,32)28-15-13-22(14-16-28)25(30)27-19(3)24(29)26-17-20-7-5-4-6-8-20/h4-12,18-19,22H,13-17H2,1-3H3,(H,26,29)(H,27,30). The third-order valence-electron chi connectivity index (χ3n) is 6.07. The lowest BCUT2D eigenvalue weighted by atomic mass is 9.97. The SMILES string of the molecule is CC(NC(=O)C1CCN(S(=O)(=O)c2ccc(C(C)C)cc2)CC1)C(=O)NCc1ccccc1. The topological polar surface area (TPSA) is 95.6 Å². The highest BCUT2D eigenvalue weighted by atomic mass is 32.2. The molecule has 3 rings (SSSR count). The summed E-state index contributed by atoms with van der Waals surface area (Å²) in [7, 11) is -3.59. The molecule has 2 aromatic carbocycles. The highest BCUT2D eigenvalue weighted by molar-refractivity contribution is 7.89. The molecule has 8 heteroatoms. The van der Waals surface area contributed by atoms with E-state index in [0.717, 1.165) is 11.1 Å². The summed E-state index contributed by atoms with van der Waals surface area (Å²) in [6, 6.07) is 15.9. The van der Waals surface area contributed by atoms with E-state index in [2.05, 4.69) is 24.5 Å². The number of hydrogen-bond donors (Lipinski definition) is 2. The van der Waals surface area contributed by atoms with Crippen LogP contribution in [0.4, 0.5) is 0 Å². The van der Waals surface area contributed by atoms with E-state index >= 15 is 0 Å². The molecule has 1 unspecified atom stereocenters. The zero-order chi connectivity index (χ0) is 24.0. The van der Waals surface area contributed by atoms with Gasteiger partial charge in [0.2, 0.25) is 21.8 Å². The Kier molecular flexibility index (Phi) is 8.26. The van der Waals surface area contributed by atoms with Gasteiger partial charge in [0.25, 0.3) is 0 Å². The lowest BCUT2D eigenvalue weighted by Crippen LogP contribution is -2.49. The maximum absolute atomic E-state index is 13.0. The Morgan fingerprint density at radius 3 is 2.15 bits per heavy atom. The van der Waals surface area contributed by atoms with Gasteiger partial charge in [0.1, 0.15) is 6.04 Å². The highest BCUT2D eigenvalue weighted by Crippen LogP contribution is 2.25. The summed E-state index contributed by atoms with van der Waals surface area (Å²) in [6.07, 6.45) is 0.848. The molecule has 0 saturated carbocycles. The molecule has 7 nitrogen and oxygen atoms in total. The van der Waals surface area contributed by atoms with Gasteiger partial charge in [-0.3, -0.25) is 9.59 Å². The van der Waals surface area contributed by atoms with Crippen LogP contribution in [0.2, 0.25) is 0 Å². The second kappa shape index (κ2) is 10.9. The number of sulfonamides is 1. The largest absolute Gasteiger partial charge is 0.350 e. The van der Waals surface area contributed by atoms with E-state index in [4.69, 9.17) is 0 Å². The van der Waals surface area contributed by atoms with E-state index in [1.54, 1.807) is 19.1 Å². The number of carbonyl (C=O) groups is 2. The predicted octanol–water partition coefficient (Wildman–Crippen LogP) is 3.03. The summed E-state index contributed by atoms with van der Waals surface area (Å²) in [5.41, 5.74) is 2.07. The molecule has 0 aromatic heterocycles. The lowest BCUT2D eigenvalue weighted by molar-refractivity contribution is -0.131. The van der Waals surface area contributed by atoms with Gasteiger partial charge in [-0.2, -0.15) is 4.31 Å². The fraction of sp³-hybridized carbons (Fsp3) is 0.440. The van der Waals surface area contributed by atoms with Crippen molar-refractivity contribution < 1.29 is 18.0 Å². The van der Waals surface area contributed by atoms with Gasteiger partial charge in [0, 0.05) is 25.6 Å². The third-order valence-corrected chi connectivity index (χ3v) is 7.98. The van der Waals surface area contributed by atoms with E-state index in [9.17, 15) is 18.0 Å². The molecule has 2 aromatic rings. The number of nitrogens with zero attached hydrogens (tertiary/aromatic N) is 1. The van der Waals surface area contributed by atoms with Crippen molar-refractivity contribution in [1.82, 2.24) is 14.9 Å². The Hall–Kier alpha value is -2.71. The first kappa shape index (κ1) is 24.9. The number of nitrogens with one attached hydrogen (secondary N) is 2. The van der Waals surface area contributed by atoms with Gasteiger partial charge in [0.15, 0.2) is 0 Å². The molecule has 0 aliphatic carbocycles. The maximum Gasteiger partial charge on any atom is 0.243 e. The molecule has 178 valence electrons. The Bertz CT molecular complexity index is 1040. The molecule has 1 fully saturated rings. The fourth-order valence-electron chi connectivity index (χ4n) is 3.87. The Morgan fingerprint density at radius 1 is 0.970 bits per heavy atom. The van der Waals surface area contributed by atoms with Crippen LogP contribution in [0.5, 0.6) is 0 Å². The van der Waals surface area contributed by atoms with Crippen LogP contribution < -0.4 is 10.6 Å². The van der Waals surface area contributed by atoms with Crippen molar-refractivity contribution in [3.63, 3.8) is 0 Å². The third kappa shape index (κ3) is 6.42. The first-order valence-electron chi connectivity index (χ1n) is 11.4. The molecule has 1 atom stereocenters. The van der Waals surface area contributed by atoms with Crippen molar-refractivity contribution in [2.45, 2.75) is 57.0 Å². The van der Waals surface area contributed by atoms with Crippen LogP contribution in [0, 0.1) is 5.92 Å². The van der Waals surface area contributed by atoms with Crippen molar-refractivity contribution in [2.75, 3.05) is 13.1 Å². The van der Waals surface area contributed by atoms with Crippen molar-refractivity contribution in [2.24, 2.45) is 5.92 Å². The molecule has 1 aliphatic heterocycles. The Balaban J connectivity index is 1.49. The number of benzene rings is 2. The zero-order valence-corrected chi connectivity index (χ0v) is 20.3. The molecule has 1 aliphatic rings. The van der Waals surface area contributed by atoms with Gasteiger partial charge < -0.3 is 10.6 Å². The maximum atomic E-state index is 13.0. The van der Waals surface area contributed by atoms with Crippen LogP contribution >= 0.6 is 0 Å². The summed E-state index contributed by atoms with van der Waals surface area (Å²) >= 11 is 0. The highest BCUT2D eigenvalue weighted by Gasteiger charge is 2.33. The number of piperidine rings is 1. The molecule has 33 heavy (non-hydrogen) atoms. The minimum atomic E-state index is -3.59. The lowest BCUT2D eigenvalue weighted by Gasteiger charge is -2.31. The van der Waals surface area contributed by atoms with Crippen molar-refractivity contribution in [3.05, 3.63) is 65.7 Å². The molecule has 1 heterocycles. The second-order valence-corrected chi connectivity index (χ2v) is 10.8. The minimum Gasteiger partial charge on any atom is -0.350 e. The van der Waals surface area contributed by atoms with E-state index in [1.807, 2.05) is 42.5 Å². The first-order chi connectivity index (χ1) is 15.7. The minimum absolute atomic E-state index is 0.212. The monoisotopic (exact) mass is 471 g/mol. The van der Waals surface area contributed by atoms with E-state index in [1.165, 1.54) is 4.31 Å². The van der Waals surface area contributed by atoms with Gasteiger partial charge in [-0.1, -0.05) is 56.3 Å². The summed E-state index contributed by atoms with van der Waals surface area (Å²) < 4.78 is 27.4. The summed E-state index contributed by atoms with van der Waals surface area (Å²) in [4.78, 5) is 25.3. The Labute approximate surface area is 196 Å². The van der Waals surface area contributed by atoms with E-state index in [0.29, 0.717) is 25.3 Å². The van der Waals surface area contributed by atoms with Crippen molar-refractivity contribution in [3.8, 4) is 0 Å². The van der Waals surface area contributed by atoms with Gasteiger partial charge >= 0.3 is 0 Å². The van der Waals surface area contributed by atoms with E-state index < -0.39 is 16.1 Å². The van der Waals surface area contributed by atoms with E-state index in [-0.39, 0.29) is 35.7 Å². The molecular weight excluding hydrogens is 438 g/mol. The normalized spacial score (nSPS) is 16.4. The zero-order valence-electron chi connectivity index (χ0n) is 19.5. The quantitative estimate of drug-likeness (QED) is 0.619. The van der Waals surface area contributed by atoms with Gasteiger partial charge in [-0.15, -0.1) is 0 Å². The Morgan fingerprint density at radius 2 is 1.58 bits per heavy atom. The molecule has 1 saturated heterocycles. The van der Waals surface area contributed by atoms with Crippen LogP contribution in [0.15, 0.2) is 59.5 Å². The van der Waals surface area contributed by atoms with Gasteiger partial charge in [-0.05, 0) is 48.9 Å². The van der Waals surface area contributed by atoms with Crippen LogP contribution in [0.25, 0.3) is 0 Å². The average molecular weight is 472 g/mol. The number of rotatable bonds is 8. The summed E-state index contributed by atoms with van der Waals surface area (Å²) in [6.45, 7) is 6.73. The van der Waals surface area contributed by atoms with Gasteiger partial charge in [-0.25, -0.2) is 8.42 Å². The number of amides is 2. The summed E-state index contributed by atoms with van der Waals surface area (Å²) in [5, 5.41) is 5.59. The molecule has 0 bridgehead atoms. The van der Waals surface area contributed by atoms with Crippen LogP contribution in [-0.4, -0.2) is 43.7 Å². The van der Waals surface area contributed by atoms with Crippen molar-refractivity contribution >= 4 is 21.8 Å². The number of hydrogen-bond acceptors (Lipinski definition) is 4. The number of carbonyl (C=O) groups excluding carboxylic acids is 2. The smallest absolute Gasteiger partial charge is 0.243 e. The van der Waals surface area contributed by atoms with Crippen molar-refractivity contribution in [1.29, 1.82) is 0 Å². The second-order valence-electron chi connectivity index (χ2n) is 8.84. The van der Waals surface area contributed by atoms with Crippen LogP contribution in [0.3, 0.4) is 0 Å². The molecular formula is C25H33N3O4S. The fourth-order valence-corrected chi connectivity index (χ4v) is 5.34.